The Morgan fingerprint density at radius 3 is 2.26 bits per heavy atom. The van der Waals surface area contributed by atoms with Crippen LogP contribution in [-0.4, -0.2) is 18.4 Å². The molecule has 254 valence electrons. The molecule has 0 fully saturated rings. The van der Waals surface area contributed by atoms with Gasteiger partial charge in [-0.2, -0.15) is 0 Å². The van der Waals surface area contributed by atoms with Crippen molar-refractivity contribution in [2.45, 2.75) is 124 Å². The first-order valence-corrected chi connectivity index (χ1v) is 18.1. The molecule has 2 aliphatic rings. The Kier molecular flexibility index (Phi) is 17.9. The molecular weight excluding hydrogens is 567 g/mol. The fraction of sp³-hybridized carbons (Fsp3) is 0.500. The molecule has 0 bridgehead atoms. The summed E-state index contributed by atoms with van der Waals surface area (Å²) in [6.07, 6.45) is 17.1. The molecule has 2 aromatic carbocycles. The molecule has 0 saturated heterocycles. The van der Waals surface area contributed by atoms with E-state index in [4.69, 9.17) is 5.73 Å². The first kappa shape index (κ1) is 40.1. The molecule has 1 heterocycles. The largest absolute Gasteiger partial charge is 0.322 e. The van der Waals surface area contributed by atoms with Crippen LogP contribution in [0.25, 0.3) is 0 Å². The second-order valence-corrected chi connectivity index (χ2v) is 14.8. The third kappa shape index (κ3) is 14.7. The normalized spacial score (nSPS) is 17.6. The number of rotatable bonds is 15. The quantitative estimate of drug-likeness (QED) is 0.0902. The highest BCUT2D eigenvalue weighted by molar-refractivity contribution is 6.91. The van der Waals surface area contributed by atoms with E-state index >= 15 is 0 Å². The molecule has 4 atom stereocenters. The van der Waals surface area contributed by atoms with Crippen LogP contribution < -0.4 is 5.73 Å². The SMILES string of the molecule is C=C(C)C(C)CCCc1ccccc1.C=C=C(C)C(C)(C)N.C=CCCCC(C)CCCC1Cc2ccccc2C1B1C=NC(C)=C1. The predicted molar refractivity (Wildman–Crippen MR) is 211 cm³/mol. The van der Waals surface area contributed by atoms with E-state index in [0.29, 0.717) is 18.4 Å². The van der Waals surface area contributed by atoms with Crippen molar-refractivity contribution in [1.29, 1.82) is 0 Å². The van der Waals surface area contributed by atoms with Gasteiger partial charge in [0.05, 0.1) is 0 Å². The molecule has 2 nitrogen and oxygen atoms in total. The van der Waals surface area contributed by atoms with E-state index in [1.807, 2.05) is 26.8 Å². The minimum Gasteiger partial charge on any atom is -0.322 e. The highest BCUT2D eigenvalue weighted by Crippen LogP contribution is 2.43. The lowest BCUT2D eigenvalue weighted by Gasteiger charge is -2.23. The third-order valence-electron chi connectivity index (χ3n) is 10.1. The van der Waals surface area contributed by atoms with Gasteiger partial charge in [0.2, 0.25) is 6.71 Å². The molecule has 0 aromatic heterocycles. The maximum atomic E-state index is 5.65. The lowest BCUT2D eigenvalue weighted by atomic mass is 9.39. The first-order chi connectivity index (χ1) is 22.4. The summed E-state index contributed by atoms with van der Waals surface area (Å²) in [5.41, 5.74) is 16.2. The zero-order chi connectivity index (χ0) is 34.8. The van der Waals surface area contributed by atoms with Crippen LogP contribution in [0.5, 0.6) is 0 Å². The smallest absolute Gasteiger partial charge is 0.225 e. The molecule has 1 aliphatic carbocycles. The molecule has 4 unspecified atom stereocenters. The number of unbranched alkanes of at least 4 members (excludes halogenated alkanes) is 1. The summed E-state index contributed by atoms with van der Waals surface area (Å²) in [6, 6.07) is 19.8. The number of fused-ring (bicyclic) bond motifs is 1. The number of hydrogen-bond acceptors (Lipinski definition) is 2. The fourth-order valence-electron chi connectivity index (χ4n) is 6.49. The van der Waals surface area contributed by atoms with Crippen molar-refractivity contribution in [2.75, 3.05) is 0 Å². The van der Waals surface area contributed by atoms with E-state index in [0.717, 1.165) is 23.8 Å². The Morgan fingerprint density at radius 2 is 1.68 bits per heavy atom. The molecule has 4 rings (SSSR count). The van der Waals surface area contributed by atoms with Crippen LogP contribution >= 0.6 is 0 Å². The highest BCUT2D eigenvalue weighted by Gasteiger charge is 2.38. The Balaban J connectivity index is 0.000000293. The van der Waals surface area contributed by atoms with Crippen molar-refractivity contribution in [3.8, 4) is 0 Å². The van der Waals surface area contributed by atoms with Crippen LogP contribution in [0.4, 0.5) is 0 Å². The van der Waals surface area contributed by atoms with E-state index in [1.54, 1.807) is 11.1 Å². The van der Waals surface area contributed by atoms with Crippen molar-refractivity contribution in [3.05, 3.63) is 126 Å². The van der Waals surface area contributed by atoms with Gasteiger partial charge in [-0.25, -0.2) is 0 Å². The van der Waals surface area contributed by atoms with Gasteiger partial charge in [0, 0.05) is 11.2 Å². The third-order valence-corrected chi connectivity index (χ3v) is 10.1. The molecule has 2 aromatic rings. The average Bonchev–Trinajstić information content (AvgIpc) is 3.64. The lowest BCUT2D eigenvalue weighted by Crippen LogP contribution is -2.32. The minimum absolute atomic E-state index is 0.248. The number of nitrogens with two attached hydrogens (primary N) is 1. The van der Waals surface area contributed by atoms with Crippen molar-refractivity contribution in [1.82, 2.24) is 0 Å². The summed E-state index contributed by atoms with van der Waals surface area (Å²) in [7, 11) is 0. The number of allylic oxidation sites excluding steroid dienone is 3. The average molecular weight is 633 g/mol. The lowest BCUT2D eigenvalue weighted by molar-refractivity contribution is 0.406. The zero-order valence-electron chi connectivity index (χ0n) is 31.0. The topological polar surface area (TPSA) is 38.4 Å². The van der Waals surface area contributed by atoms with E-state index < -0.39 is 0 Å². The monoisotopic (exact) mass is 633 g/mol. The van der Waals surface area contributed by atoms with E-state index in [9.17, 15) is 0 Å². The number of nitrogens with zero attached hydrogens (tertiary/aromatic N) is 1. The summed E-state index contributed by atoms with van der Waals surface area (Å²) < 4.78 is 0. The highest BCUT2D eigenvalue weighted by atomic mass is 14.7. The molecule has 0 radical (unpaired) electrons. The molecule has 0 saturated carbocycles. The van der Waals surface area contributed by atoms with Gasteiger partial charge in [0.25, 0.3) is 0 Å². The van der Waals surface area contributed by atoms with Crippen LogP contribution in [0.2, 0.25) is 0 Å². The van der Waals surface area contributed by atoms with Gasteiger partial charge in [-0.05, 0) is 125 Å². The molecule has 1 aliphatic heterocycles. The van der Waals surface area contributed by atoms with Crippen LogP contribution in [-0.2, 0) is 12.8 Å². The summed E-state index contributed by atoms with van der Waals surface area (Å²) in [4.78, 5) is 4.55. The second kappa shape index (κ2) is 21.0. The molecule has 2 N–H and O–H groups in total. The number of hydrogen-bond donors (Lipinski definition) is 1. The fourth-order valence-corrected chi connectivity index (χ4v) is 6.49. The van der Waals surface area contributed by atoms with Crippen molar-refractivity contribution in [2.24, 2.45) is 28.5 Å². The van der Waals surface area contributed by atoms with Crippen LogP contribution in [0.1, 0.15) is 122 Å². The standard InChI is InChI=1S/C23H32BN.C14H20.C7H13N/c1-4-5-6-10-18(2)11-9-13-21-15-20-12-7-8-14-22(20)23(21)24-16-19(3)25-17-24;1-12(2)13(3)8-7-11-14-9-5-4-6-10-14;1-5-6(2)7(3,4)8/h4,7-8,12,14,16-18,21,23H,1,5-6,9-11,13,15H2,2-3H3;4-6,9-10,13H,1,7-8,11H2,2-3H3;1,8H2,2-4H3. The molecule has 47 heavy (non-hydrogen) atoms. The summed E-state index contributed by atoms with van der Waals surface area (Å²) in [5, 5.41) is 0. The Bertz CT molecular complexity index is 1340. The second-order valence-electron chi connectivity index (χ2n) is 14.8. The van der Waals surface area contributed by atoms with Gasteiger partial charge in [0.1, 0.15) is 0 Å². The van der Waals surface area contributed by atoms with Gasteiger partial charge in [-0.15, -0.1) is 12.3 Å². The molecule has 0 amide bonds. The summed E-state index contributed by atoms with van der Waals surface area (Å²) >= 11 is 0. The zero-order valence-corrected chi connectivity index (χ0v) is 31.0. The summed E-state index contributed by atoms with van der Waals surface area (Å²) in [6.45, 7) is 26.5. The van der Waals surface area contributed by atoms with E-state index in [2.05, 4.69) is 125 Å². The predicted octanol–water partition coefficient (Wildman–Crippen LogP) is 11.9. The van der Waals surface area contributed by atoms with E-state index in [-0.39, 0.29) is 5.54 Å². The van der Waals surface area contributed by atoms with Crippen molar-refractivity contribution >= 4 is 12.8 Å². The molecule has 0 spiro atoms. The minimum atomic E-state index is -0.248. The van der Waals surface area contributed by atoms with Crippen molar-refractivity contribution in [3.63, 3.8) is 0 Å². The molecule has 3 heteroatoms. The van der Waals surface area contributed by atoms with Gasteiger partial charge in [0.15, 0.2) is 0 Å². The Labute approximate surface area is 290 Å². The van der Waals surface area contributed by atoms with Crippen LogP contribution in [0.3, 0.4) is 0 Å². The van der Waals surface area contributed by atoms with Crippen LogP contribution in [0, 0.1) is 17.8 Å². The van der Waals surface area contributed by atoms with E-state index in [1.165, 1.54) is 74.6 Å². The van der Waals surface area contributed by atoms with Crippen molar-refractivity contribution < 1.29 is 0 Å². The molecular formula is C44H65BN2. The Morgan fingerprint density at radius 1 is 1.02 bits per heavy atom. The number of aryl methyl sites for hydroxylation is 1. The van der Waals surface area contributed by atoms with Gasteiger partial charge in [-0.1, -0.05) is 125 Å². The van der Waals surface area contributed by atoms with Crippen LogP contribution in [0.15, 0.2) is 114 Å². The van der Waals surface area contributed by atoms with Gasteiger partial charge >= 0.3 is 0 Å². The summed E-state index contributed by atoms with van der Waals surface area (Å²) in [5.74, 6) is 5.29. The maximum Gasteiger partial charge on any atom is 0.225 e. The maximum absolute atomic E-state index is 5.65. The first-order valence-electron chi connectivity index (χ1n) is 18.1. The Hall–Kier alpha value is -3.13. The number of aliphatic imine (C=N–C) groups is 1. The number of benzene rings is 2. The van der Waals surface area contributed by atoms with Gasteiger partial charge < -0.3 is 5.73 Å². The van der Waals surface area contributed by atoms with Gasteiger partial charge in [-0.3, -0.25) is 4.99 Å².